The highest BCUT2D eigenvalue weighted by atomic mass is 35.5. The zero-order chi connectivity index (χ0) is 16.2. The molecule has 0 aliphatic heterocycles. The lowest BCUT2D eigenvalue weighted by atomic mass is 10.2. The third-order valence-corrected chi connectivity index (χ3v) is 3.82. The quantitative estimate of drug-likeness (QED) is 0.686. The molecule has 0 saturated heterocycles. The number of carbonyl (C=O) groups is 1. The van der Waals surface area contributed by atoms with Gasteiger partial charge in [0.05, 0.1) is 17.3 Å². The van der Waals surface area contributed by atoms with Crippen molar-refractivity contribution in [2.75, 3.05) is 11.2 Å². The van der Waals surface area contributed by atoms with Gasteiger partial charge in [0.15, 0.2) is 0 Å². The summed E-state index contributed by atoms with van der Waals surface area (Å²) in [4.78, 5) is 19.9. The summed E-state index contributed by atoms with van der Waals surface area (Å²) in [5.74, 6) is 0.0571. The Balaban J connectivity index is 1.82. The zero-order valence-corrected chi connectivity index (χ0v) is 12.9. The van der Waals surface area contributed by atoms with Crippen molar-refractivity contribution in [1.82, 2.24) is 9.97 Å². The van der Waals surface area contributed by atoms with Crippen molar-refractivity contribution in [3.05, 3.63) is 47.4 Å². The lowest BCUT2D eigenvalue weighted by Gasteiger charge is -2.12. The molecule has 1 aliphatic rings. The van der Waals surface area contributed by atoms with Gasteiger partial charge in [-0.05, 0) is 37.1 Å². The van der Waals surface area contributed by atoms with Crippen molar-refractivity contribution in [3.8, 4) is 6.07 Å². The maximum absolute atomic E-state index is 11.4. The average molecular weight is 329 g/mol. The highest BCUT2D eigenvalue weighted by Crippen LogP contribution is 2.36. The Kier molecular flexibility index (Phi) is 4.40. The Morgan fingerprint density at radius 3 is 2.87 bits per heavy atom. The van der Waals surface area contributed by atoms with Gasteiger partial charge in [-0.3, -0.25) is 4.79 Å². The molecule has 116 valence electrons. The summed E-state index contributed by atoms with van der Waals surface area (Å²) < 4.78 is 5.30. The summed E-state index contributed by atoms with van der Waals surface area (Å²) in [6.07, 6.45) is 2.45. The first kappa shape index (κ1) is 15.3. The lowest BCUT2D eigenvalue weighted by Crippen LogP contribution is -2.11. The number of hydrogen-bond donors (Lipinski definition) is 1. The van der Waals surface area contributed by atoms with E-state index in [9.17, 15) is 4.79 Å². The molecule has 1 unspecified atom stereocenters. The smallest absolute Gasteiger partial charge is 0.321 e. The first-order valence-electron chi connectivity index (χ1n) is 7.07. The molecule has 0 fully saturated rings. The lowest BCUT2D eigenvalue weighted by molar-refractivity contribution is -0.146. The Morgan fingerprint density at radius 1 is 1.39 bits per heavy atom. The third-order valence-electron chi connectivity index (χ3n) is 3.60. The summed E-state index contributed by atoms with van der Waals surface area (Å²) in [7, 11) is 0. The van der Waals surface area contributed by atoms with Gasteiger partial charge in [0.1, 0.15) is 24.1 Å². The summed E-state index contributed by atoms with van der Waals surface area (Å²) in [6.45, 7) is 0. The zero-order valence-electron chi connectivity index (χ0n) is 12.1. The number of nitriles is 1. The molecule has 1 aliphatic carbocycles. The van der Waals surface area contributed by atoms with Crippen LogP contribution in [0.3, 0.4) is 0 Å². The summed E-state index contributed by atoms with van der Waals surface area (Å²) in [6, 6.07) is 9.16. The first-order valence-corrected chi connectivity index (χ1v) is 7.61. The fourth-order valence-corrected chi connectivity index (χ4v) is 2.60. The Morgan fingerprint density at radius 2 is 2.17 bits per heavy atom. The molecule has 1 aromatic heterocycles. The second-order valence-electron chi connectivity index (χ2n) is 5.05. The largest absolute Gasteiger partial charge is 0.455 e. The number of halogens is 1. The molecule has 0 bridgehead atoms. The van der Waals surface area contributed by atoms with Gasteiger partial charge in [-0.1, -0.05) is 0 Å². The van der Waals surface area contributed by atoms with Gasteiger partial charge >= 0.3 is 5.97 Å². The van der Waals surface area contributed by atoms with E-state index in [1.54, 1.807) is 12.1 Å². The van der Waals surface area contributed by atoms with Crippen LogP contribution in [-0.2, 0) is 16.0 Å². The Hall–Kier alpha value is -2.65. The molecule has 0 amide bonds. The van der Waals surface area contributed by atoms with E-state index in [-0.39, 0.29) is 12.0 Å². The number of rotatable bonds is 4. The Labute approximate surface area is 138 Å². The van der Waals surface area contributed by atoms with Crippen molar-refractivity contribution in [2.45, 2.75) is 18.9 Å². The predicted octanol–water partition coefficient (Wildman–Crippen LogP) is 2.86. The van der Waals surface area contributed by atoms with Gasteiger partial charge in [0.25, 0.3) is 0 Å². The molecule has 7 heteroatoms. The summed E-state index contributed by atoms with van der Waals surface area (Å²) in [5, 5.41) is 12.0. The number of nitrogens with zero attached hydrogens (tertiary/aromatic N) is 3. The molecule has 1 heterocycles. The number of ether oxygens (including phenoxy) is 1. The van der Waals surface area contributed by atoms with Crippen molar-refractivity contribution in [3.63, 3.8) is 0 Å². The van der Waals surface area contributed by atoms with E-state index in [0.29, 0.717) is 17.8 Å². The normalized spacial score (nSPS) is 15.6. The van der Waals surface area contributed by atoms with E-state index in [4.69, 9.17) is 21.6 Å². The van der Waals surface area contributed by atoms with Crippen LogP contribution in [0.15, 0.2) is 30.6 Å². The molecule has 3 rings (SSSR count). The van der Waals surface area contributed by atoms with Gasteiger partial charge < -0.3 is 10.1 Å². The van der Waals surface area contributed by atoms with Gasteiger partial charge in [-0.2, -0.15) is 5.26 Å². The standard InChI is InChI=1S/C16H13ClN4O2/c17-7-14(22)23-13-6-5-12-15(13)19-9-20-16(12)21-11-3-1-10(8-18)2-4-11/h1-4,9,13H,5-7H2,(H,19,20,21). The number of carbonyl (C=O) groups excluding carboxylic acids is 1. The van der Waals surface area contributed by atoms with Crippen LogP contribution in [0.5, 0.6) is 0 Å². The number of benzene rings is 1. The molecule has 23 heavy (non-hydrogen) atoms. The fourth-order valence-electron chi connectivity index (χ4n) is 2.54. The fraction of sp³-hybridized carbons (Fsp3) is 0.250. The highest BCUT2D eigenvalue weighted by Gasteiger charge is 2.29. The molecule has 1 atom stereocenters. The predicted molar refractivity (Wildman–Crippen MR) is 84.3 cm³/mol. The number of hydrogen-bond acceptors (Lipinski definition) is 6. The number of aromatic nitrogens is 2. The van der Waals surface area contributed by atoms with E-state index in [1.165, 1.54) is 6.33 Å². The van der Waals surface area contributed by atoms with Crippen LogP contribution in [0.4, 0.5) is 11.5 Å². The number of esters is 1. The Bertz CT molecular complexity index is 771. The molecule has 0 spiro atoms. The van der Waals surface area contributed by atoms with Crippen molar-refractivity contribution < 1.29 is 9.53 Å². The summed E-state index contributed by atoms with van der Waals surface area (Å²) >= 11 is 5.48. The molecule has 1 N–H and O–H groups in total. The van der Waals surface area contributed by atoms with Crippen molar-refractivity contribution in [2.24, 2.45) is 0 Å². The topological polar surface area (TPSA) is 87.9 Å². The summed E-state index contributed by atoms with van der Waals surface area (Å²) in [5.41, 5.74) is 3.07. The van der Waals surface area contributed by atoms with Crippen molar-refractivity contribution >= 4 is 29.1 Å². The minimum absolute atomic E-state index is 0.173. The molecule has 1 aromatic carbocycles. The molecule has 0 saturated carbocycles. The second kappa shape index (κ2) is 6.63. The van der Waals surface area contributed by atoms with Crippen LogP contribution < -0.4 is 5.32 Å². The minimum atomic E-state index is -0.454. The highest BCUT2D eigenvalue weighted by molar-refractivity contribution is 6.26. The van der Waals surface area contributed by atoms with E-state index < -0.39 is 5.97 Å². The molecular formula is C16H13ClN4O2. The van der Waals surface area contributed by atoms with Gasteiger partial charge in [0.2, 0.25) is 0 Å². The molecular weight excluding hydrogens is 316 g/mol. The average Bonchev–Trinajstić information content (AvgIpc) is 2.99. The third kappa shape index (κ3) is 3.25. The van der Waals surface area contributed by atoms with E-state index >= 15 is 0 Å². The van der Waals surface area contributed by atoms with Crippen LogP contribution in [0.1, 0.15) is 29.3 Å². The van der Waals surface area contributed by atoms with E-state index in [2.05, 4.69) is 21.4 Å². The first-order chi connectivity index (χ1) is 11.2. The maximum atomic E-state index is 11.4. The molecule has 6 nitrogen and oxygen atoms in total. The van der Waals surface area contributed by atoms with Crippen molar-refractivity contribution in [1.29, 1.82) is 5.26 Å². The van der Waals surface area contributed by atoms with Crippen LogP contribution in [0.25, 0.3) is 0 Å². The van der Waals surface area contributed by atoms with Crippen LogP contribution >= 0.6 is 11.6 Å². The van der Waals surface area contributed by atoms with Gasteiger partial charge in [0, 0.05) is 11.3 Å². The number of anilines is 2. The molecule has 2 aromatic rings. The molecule has 0 radical (unpaired) electrons. The SMILES string of the molecule is N#Cc1ccc(Nc2ncnc3c2CCC3OC(=O)CCl)cc1. The van der Waals surface area contributed by atoms with Gasteiger partial charge in [-0.25, -0.2) is 9.97 Å². The number of fused-ring (bicyclic) bond motifs is 1. The second-order valence-corrected chi connectivity index (χ2v) is 5.32. The monoisotopic (exact) mass is 328 g/mol. The van der Waals surface area contributed by atoms with E-state index in [0.717, 1.165) is 23.4 Å². The van der Waals surface area contributed by atoms with Crippen LogP contribution in [0.2, 0.25) is 0 Å². The minimum Gasteiger partial charge on any atom is -0.455 e. The van der Waals surface area contributed by atoms with E-state index in [1.807, 2.05) is 12.1 Å². The maximum Gasteiger partial charge on any atom is 0.321 e. The van der Waals surface area contributed by atoms with Crippen LogP contribution in [-0.4, -0.2) is 21.8 Å². The van der Waals surface area contributed by atoms with Gasteiger partial charge in [-0.15, -0.1) is 11.6 Å². The number of nitrogens with one attached hydrogen (secondary N) is 1. The number of alkyl halides is 1. The van der Waals surface area contributed by atoms with Crippen LogP contribution in [0, 0.1) is 11.3 Å².